The summed E-state index contributed by atoms with van der Waals surface area (Å²) in [4.78, 5) is 15.6. The van der Waals surface area contributed by atoms with Gasteiger partial charge in [-0.25, -0.2) is 4.98 Å². The number of nitrogens with zero attached hydrogens (tertiary/aromatic N) is 1. The van der Waals surface area contributed by atoms with E-state index >= 15 is 0 Å². The Kier molecular flexibility index (Phi) is 6.87. The van der Waals surface area contributed by atoms with Crippen molar-refractivity contribution >= 4 is 17.1 Å². The van der Waals surface area contributed by atoms with E-state index in [0.29, 0.717) is 13.0 Å². The summed E-state index contributed by atoms with van der Waals surface area (Å²) in [7, 11) is 0. The molecule has 0 radical (unpaired) electrons. The van der Waals surface area contributed by atoms with Gasteiger partial charge in [0.05, 0.1) is 19.4 Å². The Hall–Kier alpha value is -2.86. The third kappa shape index (κ3) is 6.56. The van der Waals surface area contributed by atoms with Crippen molar-refractivity contribution < 1.29 is 19.0 Å². The number of benzene rings is 2. The second-order valence-corrected chi connectivity index (χ2v) is 9.16. The molecule has 0 N–H and O–H groups in total. The fraction of sp³-hybridized carbons (Fsp3) is 0.360. The zero-order valence-corrected chi connectivity index (χ0v) is 18.7. The summed E-state index contributed by atoms with van der Waals surface area (Å²) in [5.74, 6) is 3.45. The third-order valence-electron chi connectivity index (χ3n) is 4.96. The van der Waals surface area contributed by atoms with E-state index < -0.39 is 0 Å². The average Bonchev–Trinajstić information content (AvgIpc) is 3.47. The van der Waals surface area contributed by atoms with Gasteiger partial charge in [0.1, 0.15) is 28.0 Å². The summed E-state index contributed by atoms with van der Waals surface area (Å²) in [5, 5.41) is 1.64. The second kappa shape index (κ2) is 9.96. The molecule has 1 heterocycles. The summed E-state index contributed by atoms with van der Waals surface area (Å²) in [6, 6.07) is 15.6. The minimum Gasteiger partial charge on any atom is -0.493 e. The van der Waals surface area contributed by atoms with Crippen LogP contribution in [0.2, 0.25) is 0 Å². The van der Waals surface area contributed by atoms with Crippen molar-refractivity contribution in [3.8, 4) is 32.9 Å². The van der Waals surface area contributed by atoms with Gasteiger partial charge in [0, 0.05) is 18.1 Å². The first kappa shape index (κ1) is 21.4. The van der Waals surface area contributed by atoms with E-state index in [9.17, 15) is 4.79 Å². The van der Waals surface area contributed by atoms with Gasteiger partial charge in [-0.15, -0.1) is 0 Å². The highest BCUT2D eigenvalue weighted by Crippen LogP contribution is 2.33. The molecule has 1 fully saturated rings. The normalized spacial score (nSPS) is 14.1. The maximum atomic E-state index is 11.2. The minimum absolute atomic E-state index is 0.181. The number of aromatic nitrogens is 1. The molecule has 0 spiro atoms. The van der Waals surface area contributed by atoms with Crippen LogP contribution in [0.25, 0.3) is 10.6 Å². The number of rotatable bonds is 11. The Morgan fingerprint density at radius 3 is 2.61 bits per heavy atom. The Bertz CT molecular complexity index is 1010. The Morgan fingerprint density at radius 2 is 1.87 bits per heavy atom. The van der Waals surface area contributed by atoms with E-state index in [1.54, 1.807) is 13.1 Å². The predicted molar refractivity (Wildman–Crippen MR) is 122 cm³/mol. The molecule has 6 heteroatoms. The first-order chi connectivity index (χ1) is 15.0. The second-order valence-electron chi connectivity index (χ2n) is 8.16. The lowest BCUT2D eigenvalue weighted by Crippen LogP contribution is -2.11. The van der Waals surface area contributed by atoms with Crippen LogP contribution >= 0.6 is 11.3 Å². The summed E-state index contributed by atoms with van der Waals surface area (Å²) < 4.78 is 17.6. The number of ketones is 1. The number of carbonyl (C=O) groups excluding carboxylic acids is 1. The molecule has 5 nitrogen and oxygen atoms in total. The predicted octanol–water partition coefficient (Wildman–Crippen LogP) is 6.39. The Balaban J connectivity index is 1.32. The smallest absolute Gasteiger partial charge is 0.194 e. The van der Waals surface area contributed by atoms with Crippen molar-refractivity contribution in [1.82, 2.24) is 4.98 Å². The highest BCUT2D eigenvalue weighted by Gasteiger charge is 2.21. The zero-order chi connectivity index (χ0) is 21.6. The molecule has 0 unspecified atom stereocenters. The number of ether oxygens (including phenoxy) is 3. The molecule has 2 aromatic carbocycles. The first-order valence-corrected chi connectivity index (χ1v) is 11.5. The van der Waals surface area contributed by atoms with Gasteiger partial charge in [0.25, 0.3) is 0 Å². The van der Waals surface area contributed by atoms with Gasteiger partial charge >= 0.3 is 0 Å². The zero-order valence-electron chi connectivity index (χ0n) is 17.9. The monoisotopic (exact) mass is 437 g/mol. The summed E-state index contributed by atoms with van der Waals surface area (Å²) >= 11 is 1.50. The quantitative estimate of drug-likeness (QED) is 0.348. The van der Waals surface area contributed by atoms with Crippen LogP contribution in [-0.2, 0) is 4.79 Å². The molecule has 4 rings (SSSR count). The number of thiazole rings is 1. The van der Waals surface area contributed by atoms with E-state index in [0.717, 1.165) is 45.4 Å². The van der Waals surface area contributed by atoms with E-state index in [-0.39, 0.29) is 11.7 Å². The van der Waals surface area contributed by atoms with Crippen LogP contribution in [-0.4, -0.2) is 24.0 Å². The van der Waals surface area contributed by atoms with Crippen molar-refractivity contribution in [3.05, 3.63) is 54.7 Å². The molecule has 0 saturated heterocycles. The molecule has 162 valence electrons. The highest BCUT2D eigenvalue weighted by atomic mass is 32.1. The Labute approximate surface area is 187 Å². The van der Waals surface area contributed by atoms with Gasteiger partial charge in [0.2, 0.25) is 0 Å². The minimum atomic E-state index is 0.181. The lowest BCUT2D eigenvalue weighted by atomic mass is 10.1. The number of carbonyl (C=O) groups is 1. The number of hydrogen-bond acceptors (Lipinski definition) is 6. The lowest BCUT2D eigenvalue weighted by Gasteiger charge is -2.09. The van der Waals surface area contributed by atoms with Gasteiger partial charge in [-0.2, -0.15) is 0 Å². The van der Waals surface area contributed by atoms with Crippen LogP contribution in [0.15, 0.2) is 54.7 Å². The van der Waals surface area contributed by atoms with Gasteiger partial charge < -0.3 is 19.0 Å². The largest absolute Gasteiger partial charge is 0.493 e. The van der Waals surface area contributed by atoms with Crippen LogP contribution in [0.5, 0.6) is 22.3 Å². The SMILES string of the molecule is CC(=O)C[C@@H](C)COc1cnc(-c2ccc(Oc3cccc(OCC4CC4)c3)cc2)s1. The van der Waals surface area contributed by atoms with Crippen molar-refractivity contribution in [2.45, 2.75) is 33.1 Å². The van der Waals surface area contributed by atoms with Gasteiger partial charge in [-0.1, -0.05) is 24.3 Å². The van der Waals surface area contributed by atoms with Gasteiger partial charge in [0.15, 0.2) is 5.06 Å². The van der Waals surface area contributed by atoms with Crippen molar-refractivity contribution in [2.75, 3.05) is 13.2 Å². The highest BCUT2D eigenvalue weighted by molar-refractivity contribution is 7.16. The van der Waals surface area contributed by atoms with Crippen LogP contribution in [0.1, 0.15) is 33.1 Å². The van der Waals surface area contributed by atoms with Crippen LogP contribution in [0.4, 0.5) is 0 Å². The van der Waals surface area contributed by atoms with Gasteiger partial charge in [-0.3, -0.25) is 0 Å². The third-order valence-corrected chi connectivity index (χ3v) is 5.91. The van der Waals surface area contributed by atoms with Crippen molar-refractivity contribution in [2.24, 2.45) is 11.8 Å². The molecule has 1 aliphatic rings. The fourth-order valence-electron chi connectivity index (χ4n) is 3.16. The fourth-order valence-corrected chi connectivity index (χ4v) is 3.94. The summed E-state index contributed by atoms with van der Waals surface area (Å²) in [6.45, 7) is 4.91. The number of Topliss-reactive ketones (excluding diaryl/α,β-unsaturated/α-hetero) is 1. The molecule has 1 aromatic heterocycles. The van der Waals surface area contributed by atoms with Gasteiger partial charge in [-0.05, 0) is 68.0 Å². The summed E-state index contributed by atoms with van der Waals surface area (Å²) in [6.07, 6.45) is 4.81. The molecule has 0 aliphatic heterocycles. The molecule has 3 aromatic rings. The molecule has 0 bridgehead atoms. The molecule has 31 heavy (non-hydrogen) atoms. The van der Waals surface area contributed by atoms with E-state index in [4.69, 9.17) is 14.2 Å². The maximum Gasteiger partial charge on any atom is 0.194 e. The molecular weight excluding hydrogens is 410 g/mol. The first-order valence-electron chi connectivity index (χ1n) is 10.6. The standard InChI is InChI=1S/C25H27NO4S/c1-17(12-18(2)27)15-29-24-14-26-25(31-24)20-8-10-21(11-9-20)30-23-5-3-4-22(13-23)28-16-19-6-7-19/h3-5,8-11,13-14,17,19H,6-7,12,15-16H2,1-2H3/t17-/m1/s1. The molecule has 1 saturated carbocycles. The topological polar surface area (TPSA) is 57.7 Å². The van der Waals surface area contributed by atoms with Crippen LogP contribution in [0.3, 0.4) is 0 Å². The molecule has 1 aliphatic carbocycles. The average molecular weight is 438 g/mol. The van der Waals surface area contributed by atoms with Crippen LogP contribution < -0.4 is 14.2 Å². The van der Waals surface area contributed by atoms with Crippen molar-refractivity contribution in [3.63, 3.8) is 0 Å². The molecule has 1 atom stereocenters. The van der Waals surface area contributed by atoms with E-state index in [1.165, 1.54) is 24.2 Å². The van der Waals surface area contributed by atoms with E-state index in [1.807, 2.05) is 55.5 Å². The summed E-state index contributed by atoms with van der Waals surface area (Å²) in [5.41, 5.74) is 1.01. The van der Waals surface area contributed by atoms with Crippen molar-refractivity contribution in [1.29, 1.82) is 0 Å². The Morgan fingerprint density at radius 1 is 1.10 bits per heavy atom. The molecule has 0 amide bonds. The van der Waals surface area contributed by atoms with E-state index in [2.05, 4.69) is 4.98 Å². The van der Waals surface area contributed by atoms with Crippen LogP contribution in [0, 0.1) is 11.8 Å². The molecular formula is C25H27NO4S. The maximum absolute atomic E-state index is 11.2. The lowest BCUT2D eigenvalue weighted by molar-refractivity contribution is -0.118. The number of hydrogen-bond donors (Lipinski definition) is 0.